The summed E-state index contributed by atoms with van der Waals surface area (Å²) in [5.41, 5.74) is 3.40. The standard InChI is InChI=1S/C20H24N4O2.2ClH/c1-3-21-10-11-22-20(25)17-6-4-5-7-18(17)26-14-16-13-24-12-15(2)8-9-19(24)23-16;;/h4-9,12-13,21H,3,10-11,14H2,1-2H3,(H,22,25);2*1H. The lowest BCUT2D eigenvalue weighted by atomic mass is 10.2. The fourth-order valence-corrected chi connectivity index (χ4v) is 2.69. The maximum Gasteiger partial charge on any atom is 0.255 e. The van der Waals surface area contributed by atoms with E-state index in [1.165, 1.54) is 5.56 Å². The first-order valence-corrected chi connectivity index (χ1v) is 8.82. The average molecular weight is 425 g/mol. The summed E-state index contributed by atoms with van der Waals surface area (Å²) < 4.78 is 7.86. The van der Waals surface area contributed by atoms with Gasteiger partial charge in [-0.3, -0.25) is 4.79 Å². The van der Waals surface area contributed by atoms with E-state index in [0.717, 1.165) is 24.4 Å². The van der Waals surface area contributed by atoms with E-state index in [-0.39, 0.29) is 30.7 Å². The second kappa shape index (κ2) is 11.5. The first-order valence-electron chi connectivity index (χ1n) is 8.82. The second-order valence-electron chi connectivity index (χ2n) is 6.10. The van der Waals surface area contributed by atoms with E-state index < -0.39 is 0 Å². The van der Waals surface area contributed by atoms with Gasteiger partial charge in [-0.05, 0) is 37.2 Å². The molecule has 152 valence electrons. The number of pyridine rings is 1. The first-order chi connectivity index (χ1) is 12.7. The van der Waals surface area contributed by atoms with Crippen LogP contribution in [0.15, 0.2) is 48.8 Å². The lowest BCUT2D eigenvalue weighted by Gasteiger charge is -2.11. The van der Waals surface area contributed by atoms with E-state index in [0.29, 0.717) is 24.5 Å². The molecule has 3 rings (SSSR count). The molecule has 2 aromatic heterocycles. The molecule has 0 spiro atoms. The number of para-hydroxylation sites is 1. The SMILES string of the molecule is CCNCCNC(=O)c1ccccc1OCc1cn2cc(C)ccc2n1.Cl.Cl. The van der Waals surface area contributed by atoms with E-state index in [9.17, 15) is 4.79 Å². The number of carbonyl (C=O) groups is 1. The second-order valence-corrected chi connectivity index (χ2v) is 6.10. The fraction of sp³-hybridized carbons (Fsp3) is 0.300. The van der Waals surface area contributed by atoms with Crippen LogP contribution in [0.2, 0.25) is 0 Å². The number of hydrogen-bond acceptors (Lipinski definition) is 4. The molecule has 0 unspecified atom stereocenters. The van der Waals surface area contributed by atoms with Gasteiger partial charge in [0.25, 0.3) is 5.91 Å². The highest BCUT2D eigenvalue weighted by atomic mass is 35.5. The molecule has 8 heteroatoms. The van der Waals surface area contributed by atoms with Crippen LogP contribution in [0.5, 0.6) is 5.75 Å². The van der Waals surface area contributed by atoms with Crippen LogP contribution >= 0.6 is 24.8 Å². The minimum Gasteiger partial charge on any atom is -0.486 e. The van der Waals surface area contributed by atoms with E-state index in [1.807, 2.05) is 54.9 Å². The van der Waals surface area contributed by atoms with Gasteiger partial charge in [0.1, 0.15) is 18.0 Å². The van der Waals surface area contributed by atoms with Gasteiger partial charge < -0.3 is 19.8 Å². The predicted molar refractivity (Wildman–Crippen MR) is 116 cm³/mol. The molecular formula is C20H26Cl2N4O2. The molecule has 1 amide bonds. The number of fused-ring (bicyclic) bond motifs is 1. The van der Waals surface area contributed by atoms with Gasteiger partial charge in [-0.25, -0.2) is 4.98 Å². The van der Waals surface area contributed by atoms with Crippen LogP contribution in [0.25, 0.3) is 5.65 Å². The third kappa shape index (κ3) is 6.12. The number of carbonyl (C=O) groups excluding carboxylic acids is 1. The van der Waals surface area contributed by atoms with Crippen molar-refractivity contribution in [1.29, 1.82) is 0 Å². The topological polar surface area (TPSA) is 67.7 Å². The normalized spacial score (nSPS) is 10.1. The molecule has 0 aliphatic carbocycles. The summed E-state index contributed by atoms with van der Waals surface area (Å²) in [5, 5.41) is 6.08. The number of nitrogens with one attached hydrogen (secondary N) is 2. The Hall–Kier alpha value is -2.28. The number of benzene rings is 1. The monoisotopic (exact) mass is 424 g/mol. The molecule has 0 aliphatic rings. The molecule has 2 heterocycles. The highest BCUT2D eigenvalue weighted by Crippen LogP contribution is 2.19. The van der Waals surface area contributed by atoms with Crippen molar-refractivity contribution in [3.63, 3.8) is 0 Å². The van der Waals surface area contributed by atoms with Crippen molar-refractivity contribution in [3.05, 3.63) is 65.6 Å². The Morgan fingerprint density at radius 2 is 1.89 bits per heavy atom. The van der Waals surface area contributed by atoms with Gasteiger partial charge in [-0.15, -0.1) is 24.8 Å². The number of nitrogens with zero attached hydrogens (tertiary/aromatic N) is 2. The third-order valence-electron chi connectivity index (χ3n) is 3.99. The zero-order valence-electron chi connectivity index (χ0n) is 16.0. The molecule has 0 radical (unpaired) electrons. The molecule has 0 saturated carbocycles. The lowest BCUT2D eigenvalue weighted by molar-refractivity contribution is 0.0949. The maximum absolute atomic E-state index is 12.4. The van der Waals surface area contributed by atoms with Gasteiger partial charge in [0.05, 0.1) is 11.3 Å². The molecule has 6 nitrogen and oxygen atoms in total. The van der Waals surface area contributed by atoms with E-state index in [4.69, 9.17) is 4.74 Å². The van der Waals surface area contributed by atoms with Gasteiger partial charge in [-0.2, -0.15) is 0 Å². The summed E-state index contributed by atoms with van der Waals surface area (Å²) >= 11 is 0. The maximum atomic E-state index is 12.4. The van der Waals surface area contributed by atoms with Gasteiger partial charge in [0, 0.05) is 25.5 Å². The van der Waals surface area contributed by atoms with E-state index in [2.05, 4.69) is 15.6 Å². The highest BCUT2D eigenvalue weighted by Gasteiger charge is 2.12. The first kappa shape index (κ1) is 23.8. The number of halogens is 2. The van der Waals surface area contributed by atoms with Crippen molar-refractivity contribution in [1.82, 2.24) is 20.0 Å². The van der Waals surface area contributed by atoms with Crippen LogP contribution in [-0.4, -0.2) is 34.9 Å². The zero-order chi connectivity index (χ0) is 18.4. The van der Waals surface area contributed by atoms with Crippen molar-refractivity contribution in [2.24, 2.45) is 0 Å². The van der Waals surface area contributed by atoms with E-state index in [1.54, 1.807) is 12.1 Å². The summed E-state index contributed by atoms with van der Waals surface area (Å²) in [4.78, 5) is 16.9. The molecular weight excluding hydrogens is 399 g/mol. The van der Waals surface area contributed by atoms with Crippen LogP contribution < -0.4 is 15.4 Å². The molecule has 0 fully saturated rings. The Labute approximate surface area is 177 Å². The Morgan fingerprint density at radius 1 is 1.11 bits per heavy atom. The average Bonchev–Trinajstić information content (AvgIpc) is 3.05. The van der Waals surface area contributed by atoms with Crippen molar-refractivity contribution >= 4 is 36.4 Å². The van der Waals surface area contributed by atoms with E-state index >= 15 is 0 Å². The molecule has 28 heavy (non-hydrogen) atoms. The minimum absolute atomic E-state index is 0. The Morgan fingerprint density at radius 3 is 2.68 bits per heavy atom. The minimum atomic E-state index is -0.135. The summed E-state index contributed by atoms with van der Waals surface area (Å²) in [6.07, 6.45) is 3.97. The lowest BCUT2D eigenvalue weighted by Crippen LogP contribution is -2.31. The number of ether oxygens (including phenoxy) is 1. The van der Waals surface area contributed by atoms with Gasteiger partial charge in [0.15, 0.2) is 0 Å². The van der Waals surface area contributed by atoms with Gasteiger partial charge in [-0.1, -0.05) is 25.1 Å². The number of aryl methyl sites for hydroxylation is 1. The fourth-order valence-electron chi connectivity index (χ4n) is 2.69. The molecule has 2 N–H and O–H groups in total. The Bertz CT molecular complexity index is 899. The van der Waals surface area contributed by atoms with Crippen molar-refractivity contribution in [2.75, 3.05) is 19.6 Å². The highest BCUT2D eigenvalue weighted by molar-refractivity contribution is 5.96. The summed E-state index contributed by atoms with van der Waals surface area (Å²) in [5.74, 6) is 0.422. The van der Waals surface area contributed by atoms with Crippen LogP contribution in [0.3, 0.4) is 0 Å². The molecule has 0 aliphatic heterocycles. The van der Waals surface area contributed by atoms with Gasteiger partial charge in [0.2, 0.25) is 0 Å². The molecule has 1 aromatic carbocycles. The van der Waals surface area contributed by atoms with Crippen LogP contribution in [-0.2, 0) is 6.61 Å². The molecule has 0 bridgehead atoms. The number of hydrogen-bond donors (Lipinski definition) is 2. The Balaban J connectivity index is 0.00000196. The molecule has 3 aromatic rings. The third-order valence-corrected chi connectivity index (χ3v) is 3.99. The van der Waals surface area contributed by atoms with Crippen LogP contribution in [0, 0.1) is 6.92 Å². The van der Waals surface area contributed by atoms with Crippen molar-refractivity contribution in [3.8, 4) is 5.75 Å². The summed E-state index contributed by atoms with van der Waals surface area (Å²) in [7, 11) is 0. The molecule has 0 atom stereocenters. The molecule has 0 saturated heterocycles. The van der Waals surface area contributed by atoms with Crippen LogP contribution in [0.4, 0.5) is 0 Å². The summed E-state index contributed by atoms with van der Waals surface area (Å²) in [6.45, 7) is 6.58. The number of likely N-dealkylation sites (N-methyl/N-ethyl adjacent to an activating group) is 1. The summed E-state index contributed by atoms with van der Waals surface area (Å²) in [6, 6.07) is 11.3. The number of aromatic nitrogens is 2. The quantitative estimate of drug-likeness (QED) is 0.543. The smallest absolute Gasteiger partial charge is 0.255 e. The number of amides is 1. The van der Waals surface area contributed by atoms with Crippen molar-refractivity contribution < 1.29 is 9.53 Å². The number of imidazole rings is 1. The predicted octanol–water partition coefficient (Wildman–Crippen LogP) is 3.40. The zero-order valence-corrected chi connectivity index (χ0v) is 17.6. The Kier molecular flexibility index (Phi) is 9.79. The van der Waals surface area contributed by atoms with Crippen LogP contribution in [0.1, 0.15) is 28.5 Å². The van der Waals surface area contributed by atoms with Gasteiger partial charge >= 0.3 is 0 Å². The van der Waals surface area contributed by atoms with Crippen molar-refractivity contribution in [2.45, 2.75) is 20.5 Å². The largest absolute Gasteiger partial charge is 0.486 e. The number of rotatable bonds is 8.